The molecule has 1 atom stereocenters. The van der Waals surface area contributed by atoms with Crippen molar-refractivity contribution in [2.45, 2.75) is 22.3 Å². The molecule has 1 saturated heterocycles. The van der Waals surface area contributed by atoms with Gasteiger partial charge in [0.2, 0.25) is 10.0 Å². The van der Waals surface area contributed by atoms with Crippen LogP contribution in [0.2, 0.25) is 5.02 Å². The Morgan fingerprint density at radius 2 is 1.95 bits per heavy atom. The lowest BCUT2D eigenvalue weighted by Gasteiger charge is -2.17. The third-order valence-corrected chi connectivity index (χ3v) is 6.53. The number of rotatable bonds is 3. The molecule has 0 amide bonds. The zero-order valence-corrected chi connectivity index (χ0v) is 13.0. The van der Waals surface area contributed by atoms with Crippen molar-refractivity contribution in [3.8, 4) is 0 Å². The van der Waals surface area contributed by atoms with E-state index in [0.29, 0.717) is 6.42 Å². The number of sulfone groups is 1. The molecule has 0 bridgehead atoms. The lowest BCUT2D eigenvalue weighted by atomic mass is 10.3. The zero-order valence-electron chi connectivity index (χ0n) is 10.7. The molecule has 0 aromatic heterocycles. The van der Waals surface area contributed by atoms with E-state index in [9.17, 15) is 21.9 Å². The van der Waals surface area contributed by atoms with Crippen molar-refractivity contribution in [3.63, 3.8) is 0 Å². The average molecular weight is 340 g/mol. The number of aliphatic hydroxyl groups excluding tert-OH is 1. The molecule has 1 aromatic rings. The lowest BCUT2D eigenvalue weighted by Crippen LogP contribution is -2.30. The predicted octanol–water partition coefficient (Wildman–Crippen LogP) is 0.499. The summed E-state index contributed by atoms with van der Waals surface area (Å²) in [5.74, 6) is 0. The second-order valence-electron chi connectivity index (χ2n) is 4.67. The van der Waals surface area contributed by atoms with Crippen LogP contribution in [0.1, 0.15) is 6.42 Å². The van der Waals surface area contributed by atoms with Crippen molar-refractivity contribution in [1.29, 1.82) is 0 Å². The minimum absolute atomic E-state index is 0.0121. The van der Waals surface area contributed by atoms with Gasteiger partial charge in [-0.3, -0.25) is 0 Å². The maximum absolute atomic E-state index is 12.4. The Morgan fingerprint density at radius 3 is 2.45 bits per heavy atom. The van der Waals surface area contributed by atoms with Crippen LogP contribution in [-0.4, -0.2) is 51.7 Å². The molecular weight excluding hydrogens is 326 g/mol. The Bertz CT molecular complexity index is 729. The van der Waals surface area contributed by atoms with Gasteiger partial charge in [-0.1, -0.05) is 11.6 Å². The number of hydrogen-bond donors (Lipinski definition) is 1. The SMILES string of the molecule is CS(=O)(=O)c1ccc(Cl)c(S(=O)(=O)N2CC[C@H](O)C2)c1. The molecule has 1 aliphatic rings. The van der Waals surface area contributed by atoms with E-state index in [4.69, 9.17) is 11.6 Å². The maximum atomic E-state index is 12.4. The van der Waals surface area contributed by atoms with E-state index in [1.165, 1.54) is 12.1 Å². The predicted molar refractivity (Wildman–Crippen MR) is 73.9 cm³/mol. The number of aliphatic hydroxyl groups is 1. The Kier molecular flexibility index (Phi) is 4.14. The maximum Gasteiger partial charge on any atom is 0.244 e. The molecule has 1 fully saturated rings. The van der Waals surface area contributed by atoms with E-state index in [0.717, 1.165) is 16.6 Å². The summed E-state index contributed by atoms with van der Waals surface area (Å²) in [7, 11) is -7.44. The highest BCUT2D eigenvalue weighted by atomic mass is 35.5. The molecule has 1 aliphatic heterocycles. The number of halogens is 1. The average Bonchev–Trinajstić information content (AvgIpc) is 2.75. The Labute approximate surface area is 122 Å². The van der Waals surface area contributed by atoms with Crippen molar-refractivity contribution >= 4 is 31.5 Å². The van der Waals surface area contributed by atoms with Crippen molar-refractivity contribution in [1.82, 2.24) is 4.31 Å². The van der Waals surface area contributed by atoms with Crippen molar-refractivity contribution in [2.24, 2.45) is 0 Å². The van der Waals surface area contributed by atoms with E-state index >= 15 is 0 Å². The summed E-state index contributed by atoms with van der Waals surface area (Å²) in [5.41, 5.74) is 0. The van der Waals surface area contributed by atoms with Gasteiger partial charge in [-0.15, -0.1) is 0 Å². The van der Waals surface area contributed by atoms with Crippen LogP contribution >= 0.6 is 11.6 Å². The fourth-order valence-corrected chi connectivity index (χ4v) is 4.69. The fourth-order valence-electron chi connectivity index (χ4n) is 1.98. The number of sulfonamides is 1. The Balaban J connectivity index is 2.52. The molecule has 0 saturated carbocycles. The molecule has 0 radical (unpaired) electrons. The number of β-amino-alcohol motifs (C(OH)–C–C–N with tert-alkyl or cyclic N) is 1. The molecule has 9 heteroatoms. The molecular formula is C11H14ClNO5S2. The minimum Gasteiger partial charge on any atom is -0.392 e. The van der Waals surface area contributed by atoms with Gasteiger partial charge in [-0.05, 0) is 24.6 Å². The summed E-state index contributed by atoms with van der Waals surface area (Å²) in [6.45, 7) is 0.171. The molecule has 1 N–H and O–H groups in total. The van der Waals surface area contributed by atoms with Gasteiger partial charge in [0.15, 0.2) is 9.84 Å². The van der Waals surface area contributed by atoms with Gasteiger partial charge in [0, 0.05) is 19.3 Å². The fraction of sp³-hybridized carbons (Fsp3) is 0.455. The van der Waals surface area contributed by atoms with Gasteiger partial charge in [0.25, 0.3) is 0 Å². The van der Waals surface area contributed by atoms with E-state index in [1.54, 1.807) is 0 Å². The van der Waals surface area contributed by atoms with Crippen molar-refractivity contribution in [3.05, 3.63) is 23.2 Å². The second kappa shape index (κ2) is 5.27. The lowest BCUT2D eigenvalue weighted by molar-refractivity contribution is 0.189. The van der Waals surface area contributed by atoms with Gasteiger partial charge < -0.3 is 5.11 Å². The van der Waals surface area contributed by atoms with Gasteiger partial charge >= 0.3 is 0 Å². The largest absolute Gasteiger partial charge is 0.392 e. The third kappa shape index (κ3) is 2.99. The van der Waals surface area contributed by atoms with E-state index in [2.05, 4.69) is 0 Å². The van der Waals surface area contributed by atoms with Crippen LogP contribution in [0.25, 0.3) is 0 Å². The Hall–Kier alpha value is -0.670. The minimum atomic E-state index is -3.91. The first-order valence-electron chi connectivity index (χ1n) is 5.80. The van der Waals surface area contributed by atoms with Crippen LogP contribution in [-0.2, 0) is 19.9 Å². The van der Waals surface area contributed by atoms with Crippen molar-refractivity contribution in [2.75, 3.05) is 19.3 Å². The van der Waals surface area contributed by atoms with Crippen LogP contribution in [0.15, 0.2) is 28.0 Å². The van der Waals surface area contributed by atoms with Crippen LogP contribution < -0.4 is 0 Å². The standard InChI is InChI=1S/C11H14ClNO5S2/c1-19(15,16)9-2-3-10(12)11(6-9)20(17,18)13-5-4-8(14)7-13/h2-3,6,8,14H,4-5,7H2,1H3/t8-/m0/s1. The topological polar surface area (TPSA) is 91.8 Å². The van der Waals surface area contributed by atoms with Crippen LogP contribution in [0.3, 0.4) is 0 Å². The molecule has 1 aromatic carbocycles. The van der Waals surface area contributed by atoms with Gasteiger partial charge in [-0.2, -0.15) is 4.31 Å². The van der Waals surface area contributed by atoms with E-state index in [-0.39, 0.29) is 27.9 Å². The summed E-state index contributed by atoms with van der Waals surface area (Å²) < 4.78 is 48.9. The normalized spacial score (nSPS) is 21.2. The number of benzene rings is 1. The highest BCUT2D eigenvalue weighted by Crippen LogP contribution is 2.29. The summed E-state index contributed by atoms with van der Waals surface area (Å²) in [6.07, 6.45) is 0.635. The molecule has 0 unspecified atom stereocenters. The summed E-state index contributed by atoms with van der Waals surface area (Å²) in [5, 5.41) is 9.39. The first-order valence-corrected chi connectivity index (χ1v) is 9.51. The molecule has 112 valence electrons. The molecule has 1 heterocycles. The van der Waals surface area contributed by atoms with Gasteiger partial charge in [0.05, 0.1) is 16.0 Å². The first-order chi connectivity index (χ1) is 9.12. The summed E-state index contributed by atoms with van der Waals surface area (Å²) in [6, 6.07) is 3.56. The molecule has 6 nitrogen and oxygen atoms in total. The Morgan fingerprint density at radius 1 is 1.30 bits per heavy atom. The molecule has 0 aliphatic carbocycles. The summed E-state index contributed by atoms with van der Waals surface area (Å²) >= 11 is 5.88. The zero-order chi connectivity index (χ0) is 15.1. The molecule has 2 rings (SSSR count). The van der Waals surface area contributed by atoms with E-state index < -0.39 is 26.0 Å². The second-order valence-corrected chi connectivity index (χ2v) is 9.00. The molecule has 0 spiro atoms. The highest BCUT2D eigenvalue weighted by molar-refractivity contribution is 7.91. The molecule has 20 heavy (non-hydrogen) atoms. The highest BCUT2D eigenvalue weighted by Gasteiger charge is 2.33. The van der Waals surface area contributed by atoms with Gasteiger partial charge in [0.1, 0.15) is 4.90 Å². The number of hydrogen-bond acceptors (Lipinski definition) is 5. The van der Waals surface area contributed by atoms with E-state index in [1.807, 2.05) is 0 Å². The van der Waals surface area contributed by atoms with Crippen LogP contribution in [0.4, 0.5) is 0 Å². The van der Waals surface area contributed by atoms with Crippen molar-refractivity contribution < 1.29 is 21.9 Å². The number of nitrogens with zero attached hydrogens (tertiary/aromatic N) is 1. The quantitative estimate of drug-likeness (QED) is 0.865. The summed E-state index contributed by atoms with van der Waals surface area (Å²) in [4.78, 5) is -0.364. The van der Waals surface area contributed by atoms with Gasteiger partial charge in [-0.25, -0.2) is 16.8 Å². The third-order valence-electron chi connectivity index (χ3n) is 3.07. The van der Waals surface area contributed by atoms with Crippen LogP contribution in [0.5, 0.6) is 0 Å². The van der Waals surface area contributed by atoms with Crippen LogP contribution in [0, 0.1) is 0 Å². The monoisotopic (exact) mass is 339 g/mol. The smallest absolute Gasteiger partial charge is 0.244 e. The first kappa shape index (κ1) is 15.7.